The smallest absolute Gasteiger partial charge is 0.138 e. The third-order valence-corrected chi connectivity index (χ3v) is 2.01. The van der Waals surface area contributed by atoms with Crippen LogP contribution < -0.4 is 10.5 Å². The highest BCUT2D eigenvalue weighted by Gasteiger charge is 1.95. The average Bonchev–Trinajstić information content (AvgIpc) is 2.30. The van der Waals surface area contributed by atoms with Gasteiger partial charge in [-0.2, -0.15) is 0 Å². The summed E-state index contributed by atoms with van der Waals surface area (Å²) in [6.45, 7) is 0.548. The van der Waals surface area contributed by atoms with Gasteiger partial charge < -0.3 is 10.5 Å². The lowest BCUT2D eigenvalue weighted by Crippen LogP contribution is -1.96. The molecule has 0 unspecified atom stereocenters. The molecule has 2 aromatic rings. The van der Waals surface area contributed by atoms with Gasteiger partial charge in [-0.1, -0.05) is 30.3 Å². The summed E-state index contributed by atoms with van der Waals surface area (Å²) >= 11 is 0. The Bertz CT molecular complexity index is 417. The first kappa shape index (κ1) is 12.3. The molecule has 0 fully saturated rings. The second-order valence-electron chi connectivity index (χ2n) is 3.19. The summed E-state index contributed by atoms with van der Waals surface area (Å²) in [5.74, 6) is 1.23. The van der Waals surface area contributed by atoms with Crippen LogP contribution in [0.25, 0.3) is 0 Å². The number of halogens is 1. The van der Waals surface area contributed by atoms with E-state index >= 15 is 0 Å². The Morgan fingerprint density at radius 1 is 1.06 bits per heavy atom. The van der Waals surface area contributed by atoms with Gasteiger partial charge in [0.05, 0.1) is 6.20 Å². The molecule has 0 atom stereocenters. The molecule has 4 heteroatoms. The zero-order valence-corrected chi connectivity index (χ0v) is 9.48. The first-order valence-corrected chi connectivity index (χ1v) is 4.73. The summed E-state index contributed by atoms with van der Waals surface area (Å²) in [5.41, 5.74) is 6.60. The second-order valence-corrected chi connectivity index (χ2v) is 3.19. The van der Waals surface area contributed by atoms with Gasteiger partial charge in [-0.05, 0) is 17.7 Å². The summed E-state index contributed by atoms with van der Waals surface area (Å²) in [7, 11) is 0. The number of ether oxygens (including phenoxy) is 1. The van der Waals surface area contributed by atoms with E-state index in [2.05, 4.69) is 4.98 Å². The van der Waals surface area contributed by atoms with Crippen LogP contribution in [0.4, 0.5) is 5.82 Å². The van der Waals surface area contributed by atoms with Crippen LogP contribution in [0.15, 0.2) is 48.7 Å². The molecule has 3 nitrogen and oxygen atoms in total. The van der Waals surface area contributed by atoms with Crippen molar-refractivity contribution in [3.63, 3.8) is 0 Å². The van der Waals surface area contributed by atoms with Gasteiger partial charge in [-0.25, -0.2) is 4.98 Å². The van der Waals surface area contributed by atoms with Crippen LogP contribution in [0.1, 0.15) is 5.56 Å². The lowest BCUT2D eigenvalue weighted by atomic mass is 10.2. The Hall–Kier alpha value is -1.74. The van der Waals surface area contributed by atoms with Gasteiger partial charge in [0.25, 0.3) is 0 Å². The highest BCUT2D eigenvalue weighted by Crippen LogP contribution is 2.12. The average molecular weight is 237 g/mol. The van der Waals surface area contributed by atoms with Gasteiger partial charge in [0, 0.05) is 0 Å². The van der Waals surface area contributed by atoms with Crippen molar-refractivity contribution in [1.82, 2.24) is 4.98 Å². The number of aromatic nitrogens is 1. The molecule has 0 radical (unpaired) electrons. The quantitative estimate of drug-likeness (QED) is 0.891. The van der Waals surface area contributed by atoms with Crippen LogP contribution in [0.5, 0.6) is 5.75 Å². The minimum absolute atomic E-state index is 0. The van der Waals surface area contributed by atoms with E-state index < -0.39 is 0 Å². The molecule has 1 aromatic carbocycles. The third kappa shape index (κ3) is 3.44. The van der Waals surface area contributed by atoms with Crippen molar-refractivity contribution in [1.29, 1.82) is 0 Å². The second kappa shape index (κ2) is 5.98. The van der Waals surface area contributed by atoms with Gasteiger partial charge in [0.2, 0.25) is 0 Å². The predicted octanol–water partition coefficient (Wildman–Crippen LogP) is 2.66. The van der Waals surface area contributed by atoms with E-state index in [1.165, 1.54) is 0 Å². The fraction of sp³-hybridized carbons (Fsp3) is 0.0833. The Morgan fingerprint density at radius 3 is 2.44 bits per heavy atom. The van der Waals surface area contributed by atoms with Gasteiger partial charge in [-0.15, -0.1) is 12.4 Å². The summed E-state index contributed by atoms with van der Waals surface area (Å²) in [6.07, 6.45) is 1.62. The molecule has 0 aliphatic heterocycles. The maximum absolute atomic E-state index is 5.53. The minimum atomic E-state index is 0. The first-order chi connectivity index (χ1) is 7.34. The van der Waals surface area contributed by atoms with E-state index in [1.54, 1.807) is 12.3 Å². The van der Waals surface area contributed by atoms with Crippen LogP contribution >= 0.6 is 12.4 Å². The van der Waals surface area contributed by atoms with Gasteiger partial charge >= 0.3 is 0 Å². The van der Waals surface area contributed by atoms with Gasteiger partial charge in [0.15, 0.2) is 0 Å². The largest absolute Gasteiger partial charge is 0.487 e. The van der Waals surface area contributed by atoms with Crippen LogP contribution in [-0.4, -0.2) is 4.98 Å². The minimum Gasteiger partial charge on any atom is -0.487 e. The highest BCUT2D eigenvalue weighted by molar-refractivity contribution is 5.85. The summed E-state index contributed by atoms with van der Waals surface area (Å²) < 4.78 is 5.53. The zero-order valence-electron chi connectivity index (χ0n) is 8.67. The van der Waals surface area contributed by atoms with Crippen LogP contribution in [0, 0.1) is 0 Å². The Morgan fingerprint density at radius 2 is 1.81 bits per heavy atom. The molecule has 0 aliphatic rings. The van der Waals surface area contributed by atoms with Gasteiger partial charge in [-0.3, -0.25) is 0 Å². The molecule has 1 aromatic heterocycles. The summed E-state index contributed by atoms with van der Waals surface area (Å²) in [5, 5.41) is 0. The maximum atomic E-state index is 5.53. The summed E-state index contributed by atoms with van der Waals surface area (Å²) in [6, 6.07) is 13.5. The van der Waals surface area contributed by atoms with Crippen molar-refractivity contribution in [2.24, 2.45) is 0 Å². The monoisotopic (exact) mass is 236 g/mol. The highest BCUT2D eigenvalue weighted by atomic mass is 35.5. The molecule has 0 bridgehead atoms. The molecule has 0 spiro atoms. The molecule has 84 valence electrons. The Balaban J connectivity index is 0.00000128. The Kier molecular flexibility index (Phi) is 4.61. The van der Waals surface area contributed by atoms with Crippen molar-refractivity contribution < 1.29 is 4.74 Å². The fourth-order valence-corrected chi connectivity index (χ4v) is 1.22. The van der Waals surface area contributed by atoms with Crippen molar-refractivity contribution in [3.05, 3.63) is 54.2 Å². The number of pyridine rings is 1. The number of nitrogens with two attached hydrogens (primary N) is 1. The van der Waals surface area contributed by atoms with E-state index in [1.807, 2.05) is 36.4 Å². The summed E-state index contributed by atoms with van der Waals surface area (Å²) in [4.78, 5) is 3.94. The SMILES string of the molecule is Cl.Nc1ccc(OCc2ccccc2)cn1. The molecule has 0 saturated heterocycles. The molecule has 0 aliphatic carbocycles. The van der Waals surface area contributed by atoms with E-state index in [4.69, 9.17) is 10.5 Å². The number of benzene rings is 1. The van der Waals surface area contributed by atoms with E-state index in [-0.39, 0.29) is 12.4 Å². The molecular formula is C12H13ClN2O. The topological polar surface area (TPSA) is 48.1 Å². The first-order valence-electron chi connectivity index (χ1n) is 4.73. The number of hydrogen-bond donors (Lipinski definition) is 1. The van der Waals surface area contributed by atoms with Crippen LogP contribution in [0.2, 0.25) is 0 Å². The predicted molar refractivity (Wildman–Crippen MR) is 66.7 cm³/mol. The van der Waals surface area contributed by atoms with Crippen molar-refractivity contribution in [3.8, 4) is 5.75 Å². The third-order valence-electron chi connectivity index (χ3n) is 2.01. The standard InChI is InChI=1S/C12H12N2O.ClH/c13-12-7-6-11(8-14-12)15-9-10-4-2-1-3-5-10;/h1-8H,9H2,(H2,13,14);1H. The van der Waals surface area contributed by atoms with Crippen molar-refractivity contribution in [2.45, 2.75) is 6.61 Å². The zero-order chi connectivity index (χ0) is 10.5. The number of rotatable bonds is 3. The lowest BCUT2D eigenvalue weighted by molar-refractivity contribution is 0.305. The molecule has 1 heterocycles. The maximum Gasteiger partial charge on any atom is 0.138 e. The molecule has 0 amide bonds. The lowest BCUT2D eigenvalue weighted by Gasteiger charge is -2.05. The molecule has 2 rings (SSSR count). The number of hydrogen-bond acceptors (Lipinski definition) is 3. The number of anilines is 1. The van der Waals surface area contributed by atoms with E-state index in [0.717, 1.165) is 11.3 Å². The normalized spacial score (nSPS) is 9.25. The fourth-order valence-electron chi connectivity index (χ4n) is 1.22. The molecule has 2 N–H and O–H groups in total. The van der Waals surface area contributed by atoms with Gasteiger partial charge in [0.1, 0.15) is 18.2 Å². The number of nitrogens with zero attached hydrogens (tertiary/aromatic N) is 1. The molecule has 0 saturated carbocycles. The number of nitrogen functional groups attached to an aromatic ring is 1. The van der Waals surface area contributed by atoms with Crippen molar-refractivity contribution in [2.75, 3.05) is 5.73 Å². The van der Waals surface area contributed by atoms with Crippen LogP contribution in [0.3, 0.4) is 0 Å². The molecular weight excluding hydrogens is 224 g/mol. The molecule has 16 heavy (non-hydrogen) atoms. The Labute approximate surface area is 101 Å². The van der Waals surface area contributed by atoms with E-state index in [9.17, 15) is 0 Å². The van der Waals surface area contributed by atoms with E-state index in [0.29, 0.717) is 12.4 Å². The van der Waals surface area contributed by atoms with Crippen LogP contribution in [-0.2, 0) is 6.61 Å². The van der Waals surface area contributed by atoms with Crippen molar-refractivity contribution >= 4 is 18.2 Å².